The van der Waals surface area contributed by atoms with E-state index in [0.717, 1.165) is 32.1 Å². The monoisotopic (exact) mass is 285 g/mol. The minimum absolute atomic E-state index is 0.249. The van der Waals surface area contributed by atoms with E-state index in [4.69, 9.17) is 18.0 Å². The van der Waals surface area contributed by atoms with Gasteiger partial charge in [-0.25, -0.2) is 0 Å². The topological polar surface area (TPSA) is 32.5 Å². The fraction of sp³-hybridized carbons (Fsp3) is 0.933. The number of hydrogen-bond acceptors (Lipinski definition) is 3. The van der Waals surface area contributed by atoms with Crippen molar-refractivity contribution >= 4 is 17.2 Å². The number of hydrogen-bond donors (Lipinski definition) is 1. The van der Waals surface area contributed by atoms with Crippen LogP contribution in [0, 0.1) is 5.92 Å². The van der Waals surface area contributed by atoms with E-state index in [9.17, 15) is 0 Å². The van der Waals surface area contributed by atoms with Crippen LogP contribution in [0.25, 0.3) is 0 Å². The third-order valence-electron chi connectivity index (χ3n) is 4.43. The van der Waals surface area contributed by atoms with E-state index in [0.29, 0.717) is 4.99 Å². The lowest BCUT2D eigenvalue weighted by molar-refractivity contribution is 0.106. The largest absolute Gasteiger partial charge is 0.392 e. The molecule has 1 fully saturated rings. The van der Waals surface area contributed by atoms with Gasteiger partial charge in [0.25, 0.3) is 0 Å². The molecule has 1 aliphatic rings. The lowest BCUT2D eigenvalue weighted by Crippen LogP contribution is -2.53. The van der Waals surface area contributed by atoms with Crippen LogP contribution in [0.15, 0.2) is 0 Å². The minimum atomic E-state index is 0.249. The van der Waals surface area contributed by atoms with E-state index >= 15 is 0 Å². The molecule has 3 nitrogen and oxygen atoms in total. The summed E-state index contributed by atoms with van der Waals surface area (Å²) < 4.78 is 0. The number of thiocarbonyl (C=S) groups is 1. The van der Waals surface area contributed by atoms with Gasteiger partial charge in [-0.1, -0.05) is 45.3 Å². The third-order valence-corrected chi connectivity index (χ3v) is 4.77. The highest BCUT2D eigenvalue weighted by molar-refractivity contribution is 7.80. The van der Waals surface area contributed by atoms with Gasteiger partial charge in [-0.15, -0.1) is 0 Å². The first-order valence-electron chi connectivity index (χ1n) is 7.84. The quantitative estimate of drug-likeness (QED) is 0.695. The molecular formula is C15H31N3S. The molecule has 2 N–H and O–H groups in total. The summed E-state index contributed by atoms with van der Waals surface area (Å²) in [7, 11) is 0. The Bertz CT molecular complexity index is 262. The average Bonchev–Trinajstić information content (AvgIpc) is 2.43. The van der Waals surface area contributed by atoms with Gasteiger partial charge in [-0.05, 0) is 19.3 Å². The second kappa shape index (κ2) is 8.88. The average molecular weight is 286 g/mol. The first kappa shape index (κ1) is 16.9. The van der Waals surface area contributed by atoms with Crippen LogP contribution in [0.5, 0.6) is 0 Å². The second-order valence-electron chi connectivity index (χ2n) is 5.83. The van der Waals surface area contributed by atoms with Crippen LogP contribution in [0.4, 0.5) is 0 Å². The summed E-state index contributed by atoms with van der Waals surface area (Å²) in [6.45, 7) is 12.5. The van der Waals surface area contributed by atoms with Gasteiger partial charge < -0.3 is 10.6 Å². The summed E-state index contributed by atoms with van der Waals surface area (Å²) in [5.41, 5.74) is 5.73. The number of nitrogens with zero attached hydrogens (tertiary/aromatic N) is 2. The summed E-state index contributed by atoms with van der Waals surface area (Å²) in [6, 6.07) is 0.249. The fourth-order valence-electron chi connectivity index (χ4n) is 2.80. The van der Waals surface area contributed by atoms with Crippen molar-refractivity contribution in [1.29, 1.82) is 0 Å². The smallest absolute Gasteiger partial charge is 0.0899 e. The zero-order valence-electron chi connectivity index (χ0n) is 12.9. The molecule has 19 heavy (non-hydrogen) atoms. The van der Waals surface area contributed by atoms with Crippen molar-refractivity contribution in [3.63, 3.8) is 0 Å². The summed E-state index contributed by atoms with van der Waals surface area (Å²) in [5, 5.41) is 0. The van der Waals surface area contributed by atoms with E-state index in [-0.39, 0.29) is 6.04 Å². The van der Waals surface area contributed by atoms with Gasteiger partial charge in [-0.2, -0.15) is 0 Å². The van der Waals surface area contributed by atoms with Crippen molar-refractivity contribution in [2.24, 2.45) is 11.7 Å². The molecule has 4 heteroatoms. The zero-order valence-corrected chi connectivity index (χ0v) is 13.7. The van der Waals surface area contributed by atoms with Gasteiger partial charge >= 0.3 is 0 Å². The Balaban J connectivity index is 2.30. The standard InChI is InChI=1S/C15H31N3S/c1-4-6-7-14(5-2)12-17-8-10-18(11-9-17)13(3)15(16)19/h13-14H,4-12H2,1-3H3,(H2,16,19). The van der Waals surface area contributed by atoms with Gasteiger partial charge in [0.1, 0.15) is 0 Å². The molecule has 0 saturated carbocycles. The SMILES string of the molecule is CCCCC(CC)CN1CCN(C(C)C(N)=S)CC1. The lowest BCUT2D eigenvalue weighted by Gasteiger charge is -2.38. The fourth-order valence-corrected chi connectivity index (χ4v) is 2.94. The molecule has 0 aromatic rings. The van der Waals surface area contributed by atoms with Crippen LogP contribution in [-0.4, -0.2) is 53.6 Å². The molecule has 0 spiro atoms. The summed E-state index contributed by atoms with van der Waals surface area (Å²) in [5.74, 6) is 0.875. The van der Waals surface area contributed by atoms with Crippen LogP contribution in [0.1, 0.15) is 46.5 Å². The van der Waals surface area contributed by atoms with Crippen molar-refractivity contribution in [2.75, 3.05) is 32.7 Å². The van der Waals surface area contributed by atoms with Crippen molar-refractivity contribution in [1.82, 2.24) is 9.80 Å². The van der Waals surface area contributed by atoms with Crippen LogP contribution in [-0.2, 0) is 0 Å². The third kappa shape index (κ3) is 5.76. The molecule has 0 aliphatic carbocycles. The maximum absolute atomic E-state index is 5.73. The predicted molar refractivity (Wildman–Crippen MR) is 87.6 cm³/mol. The van der Waals surface area contributed by atoms with Crippen LogP contribution in [0.3, 0.4) is 0 Å². The van der Waals surface area contributed by atoms with E-state index in [1.165, 1.54) is 32.2 Å². The highest BCUT2D eigenvalue weighted by Gasteiger charge is 2.23. The van der Waals surface area contributed by atoms with Gasteiger partial charge in [0.2, 0.25) is 0 Å². The van der Waals surface area contributed by atoms with Gasteiger partial charge in [0.05, 0.1) is 11.0 Å². The zero-order chi connectivity index (χ0) is 14.3. The van der Waals surface area contributed by atoms with E-state index in [2.05, 4.69) is 30.6 Å². The maximum atomic E-state index is 5.73. The molecular weight excluding hydrogens is 254 g/mol. The molecule has 112 valence electrons. The Labute approximate surface area is 124 Å². The molecule has 0 amide bonds. The van der Waals surface area contributed by atoms with Crippen LogP contribution < -0.4 is 5.73 Å². The van der Waals surface area contributed by atoms with Crippen molar-refractivity contribution in [2.45, 2.75) is 52.5 Å². The van der Waals surface area contributed by atoms with Crippen LogP contribution in [0.2, 0.25) is 0 Å². The summed E-state index contributed by atoms with van der Waals surface area (Å²) >= 11 is 5.09. The first-order valence-corrected chi connectivity index (χ1v) is 8.25. The van der Waals surface area contributed by atoms with E-state index in [1.54, 1.807) is 0 Å². The van der Waals surface area contributed by atoms with Crippen LogP contribution >= 0.6 is 12.2 Å². The van der Waals surface area contributed by atoms with Gasteiger partial charge in [0, 0.05) is 32.7 Å². The molecule has 2 unspecified atom stereocenters. The second-order valence-corrected chi connectivity index (χ2v) is 6.30. The Morgan fingerprint density at radius 2 is 1.84 bits per heavy atom. The molecule has 0 bridgehead atoms. The normalized spacial score (nSPS) is 21.2. The Morgan fingerprint density at radius 3 is 2.32 bits per heavy atom. The summed E-state index contributed by atoms with van der Waals surface area (Å²) in [6.07, 6.45) is 5.38. The van der Waals surface area contributed by atoms with Gasteiger partial charge in [0.15, 0.2) is 0 Å². The first-order chi connectivity index (χ1) is 9.08. The van der Waals surface area contributed by atoms with E-state index in [1.807, 2.05) is 0 Å². The number of unbranched alkanes of at least 4 members (excludes halogenated alkanes) is 1. The number of nitrogens with two attached hydrogens (primary N) is 1. The Hall–Kier alpha value is -0.190. The molecule has 1 aliphatic heterocycles. The van der Waals surface area contributed by atoms with Crippen molar-refractivity contribution in [3.8, 4) is 0 Å². The Kier molecular flexibility index (Phi) is 7.88. The predicted octanol–water partition coefficient (Wildman–Crippen LogP) is 2.50. The highest BCUT2D eigenvalue weighted by atomic mass is 32.1. The molecule has 1 heterocycles. The molecule has 1 saturated heterocycles. The molecule has 0 aromatic carbocycles. The molecule has 0 radical (unpaired) electrons. The van der Waals surface area contributed by atoms with Crippen molar-refractivity contribution in [3.05, 3.63) is 0 Å². The number of piperazine rings is 1. The summed E-state index contributed by atoms with van der Waals surface area (Å²) in [4.78, 5) is 5.65. The molecule has 1 rings (SSSR count). The molecule has 2 atom stereocenters. The van der Waals surface area contributed by atoms with Gasteiger partial charge in [-0.3, -0.25) is 4.90 Å². The Morgan fingerprint density at radius 1 is 1.21 bits per heavy atom. The lowest BCUT2D eigenvalue weighted by atomic mass is 9.98. The minimum Gasteiger partial charge on any atom is -0.392 e. The number of rotatable bonds is 8. The highest BCUT2D eigenvalue weighted by Crippen LogP contribution is 2.16. The van der Waals surface area contributed by atoms with Crippen molar-refractivity contribution < 1.29 is 0 Å². The molecule has 0 aromatic heterocycles. The van der Waals surface area contributed by atoms with E-state index < -0.39 is 0 Å². The maximum Gasteiger partial charge on any atom is 0.0899 e.